The van der Waals surface area contributed by atoms with Gasteiger partial charge in [0.05, 0.1) is 0 Å². The molecule has 0 aromatic rings. The molecule has 0 bridgehead atoms. The van der Waals surface area contributed by atoms with E-state index in [-0.39, 0.29) is 6.10 Å². The van der Waals surface area contributed by atoms with Crippen LogP contribution in [0.25, 0.3) is 0 Å². The summed E-state index contributed by atoms with van der Waals surface area (Å²) >= 11 is 0. The third-order valence-corrected chi connectivity index (χ3v) is 4.36. The van der Waals surface area contributed by atoms with Gasteiger partial charge in [0.15, 0.2) is 0 Å². The highest BCUT2D eigenvalue weighted by atomic mass is 17.0. The number of unbranched alkanes of at least 4 members (excludes halogenated alkanes) is 11. The Kier molecular flexibility index (Phi) is 15.6. The summed E-state index contributed by atoms with van der Waals surface area (Å²) in [5.74, 6) is -0.689. The van der Waals surface area contributed by atoms with Gasteiger partial charge in [-0.25, -0.2) is 0 Å². The Bertz CT molecular complexity index is 323. The van der Waals surface area contributed by atoms with Gasteiger partial charge in [-0.1, -0.05) is 77.6 Å². The quantitative estimate of drug-likeness (QED) is 0.201. The minimum absolute atomic E-state index is 0.240. The molecule has 0 aliphatic carbocycles. The molecule has 6 nitrogen and oxygen atoms in total. The summed E-state index contributed by atoms with van der Waals surface area (Å²) in [6.07, 6.45) is 15.4. The largest absolute Gasteiger partial charge is 0.481 e. The van der Waals surface area contributed by atoms with E-state index in [4.69, 9.17) is 5.11 Å². The lowest BCUT2D eigenvalue weighted by Gasteiger charge is -2.11. The zero-order chi connectivity index (χ0) is 18.0. The molecule has 0 aliphatic rings. The lowest BCUT2D eigenvalue weighted by molar-refractivity contribution is -0.768. The van der Waals surface area contributed by atoms with Crippen molar-refractivity contribution in [3.63, 3.8) is 0 Å². The smallest absolute Gasteiger partial charge is 0.303 e. The molecule has 1 atom stereocenters. The Balaban J connectivity index is 3.20. The highest BCUT2D eigenvalue weighted by Gasteiger charge is 2.09. The van der Waals surface area contributed by atoms with Crippen molar-refractivity contribution in [1.82, 2.24) is 0 Å². The molecular weight excluding hydrogens is 310 g/mol. The van der Waals surface area contributed by atoms with Crippen LogP contribution in [-0.2, 0) is 9.63 Å². The third-order valence-electron chi connectivity index (χ3n) is 4.36. The van der Waals surface area contributed by atoms with Crippen molar-refractivity contribution < 1.29 is 19.8 Å². The molecule has 0 radical (unpaired) electrons. The summed E-state index contributed by atoms with van der Waals surface area (Å²) in [5, 5.41) is 18.1. The molecule has 1 unspecified atom stereocenters. The number of rotatable bonds is 18. The van der Waals surface area contributed by atoms with E-state index < -0.39 is 11.1 Å². The van der Waals surface area contributed by atoms with Crippen LogP contribution in [0.2, 0.25) is 0 Å². The van der Waals surface area contributed by atoms with Crippen molar-refractivity contribution in [2.75, 3.05) is 0 Å². The van der Waals surface area contributed by atoms with Gasteiger partial charge in [0.25, 0.3) is 5.09 Å². The van der Waals surface area contributed by atoms with Gasteiger partial charge in [0.1, 0.15) is 6.10 Å². The average Bonchev–Trinajstić information content (AvgIpc) is 2.53. The summed E-state index contributed by atoms with van der Waals surface area (Å²) in [7, 11) is 0. The first-order valence-corrected chi connectivity index (χ1v) is 9.59. The summed E-state index contributed by atoms with van der Waals surface area (Å²) in [6.45, 7) is 1.92. The zero-order valence-electron chi connectivity index (χ0n) is 15.2. The van der Waals surface area contributed by atoms with E-state index in [2.05, 4.69) is 4.84 Å². The van der Waals surface area contributed by atoms with Crippen molar-refractivity contribution in [1.29, 1.82) is 0 Å². The van der Waals surface area contributed by atoms with Crippen LogP contribution in [0.3, 0.4) is 0 Å². The SMILES string of the molecule is CCC(CCCCCCCCCCCCCCC(=O)O)O[N+](=O)[O-]. The molecule has 1 N–H and O–H groups in total. The Hall–Kier alpha value is -1.33. The predicted octanol–water partition coefficient (Wildman–Crippen LogP) is 5.52. The van der Waals surface area contributed by atoms with Crippen LogP contribution in [-0.4, -0.2) is 22.3 Å². The minimum Gasteiger partial charge on any atom is -0.481 e. The van der Waals surface area contributed by atoms with Crippen molar-refractivity contribution in [3.8, 4) is 0 Å². The molecule has 0 saturated carbocycles. The molecule has 0 aliphatic heterocycles. The number of carboxylic acid groups (broad SMARTS) is 1. The Morgan fingerprint density at radius 1 is 0.917 bits per heavy atom. The molecule has 0 amide bonds. The Labute approximate surface area is 146 Å². The van der Waals surface area contributed by atoms with Gasteiger partial charge in [-0.2, -0.15) is 0 Å². The van der Waals surface area contributed by atoms with Gasteiger partial charge in [-0.05, 0) is 19.3 Å². The first kappa shape index (κ1) is 22.7. The summed E-state index contributed by atoms with van der Waals surface area (Å²) in [5.41, 5.74) is 0. The normalized spacial score (nSPS) is 12.0. The molecule has 0 fully saturated rings. The molecule has 0 aromatic heterocycles. The first-order chi connectivity index (χ1) is 11.6. The van der Waals surface area contributed by atoms with Crippen molar-refractivity contribution >= 4 is 5.97 Å². The standard InChI is InChI=1S/C18H35NO5/c1-2-17(24-19(22)23)15-13-11-9-7-5-3-4-6-8-10-12-14-16-18(20)21/h17H,2-16H2,1H3,(H,20,21). The number of hydrogen-bond donors (Lipinski definition) is 1. The number of carbonyl (C=O) groups is 1. The molecule has 0 saturated heterocycles. The Morgan fingerprint density at radius 3 is 1.71 bits per heavy atom. The summed E-state index contributed by atoms with van der Waals surface area (Å²) in [4.78, 5) is 25.3. The maximum absolute atomic E-state index is 10.4. The lowest BCUT2D eigenvalue weighted by Crippen LogP contribution is -2.15. The second-order valence-electron chi connectivity index (χ2n) is 6.53. The second-order valence-corrected chi connectivity index (χ2v) is 6.53. The fourth-order valence-electron chi connectivity index (χ4n) is 2.87. The van der Waals surface area contributed by atoms with Crippen molar-refractivity contribution in [3.05, 3.63) is 10.1 Å². The number of aliphatic carboxylic acids is 1. The van der Waals surface area contributed by atoms with Gasteiger partial charge in [0, 0.05) is 6.42 Å². The topological polar surface area (TPSA) is 89.7 Å². The molecule has 24 heavy (non-hydrogen) atoms. The molecular formula is C18H35NO5. The van der Waals surface area contributed by atoms with Crippen molar-refractivity contribution in [2.24, 2.45) is 0 Å². The number of nitrogens with zero attached hydrogens (tertiary/aromatic N) is 1. The molecule has 0 spiro atoms. The fourth-order valence-corrected chi connectivity index (χ4v) is 2.87. The third kappa shape index (κ3) is 17.0. The summed E-state index contributed by atoms with van der Waals surface area (Å²) < 4.78 is 0. The lowest BCUT2D eigenvalue weighted by atomic mass is 10.0. The van der Waals surface area contributed by atoms with E-state index in [0.29, 0.717) is 12.8 Å². The van der Waals surface area contributed by atoms with Crippen LogP contribution >= 0.6 is 0 Å². The van der Waals surface area contributed by atoms with Gasteiger partial charge in [0.2, 0.25) is 0 Å². The van der Waals surface area contributed by atoms with E-state index in [9.17, 15) is 14.9 Å². The van der Waals surface area contributed by atoms with E-state index >= 15 is 0 Å². The first-order valence-electron chi connectivity index (χ1n) is 9.59. The van der Waals surface area contributed by atoms with Crippen LogP contribution < -0.4 is 0 Å². The van der Waals surface area contributed by atoms with Crippen LogP contribution in [0, 0.1) is 10.1 Å². The highest BCUT2D eigenvalue weighted by Crippen LogP contribution is 2.14. The summed E-state index contributed by atoms with van der Waals surface area (Å²) in [6, 6.07) is 0. The molecule has 0 aromatic carbocycles. The monoisotopic (exact) mass is 345 g/mol. The average molecular weight is 345 g/mol. The zero-order valence-corrected chi connectivity index (χ0v) is 15.2. The highest BCUT2D eigenvalue weighted by molar-refractivity contribution is 5.66. The maximum Gasteiger partial charge on any atom is 0.303 e. The van der Waals surface area contributed by atoms with Crippen LogP contribution in [0.1, 0.15) is 103 Å². The Morgan fingerprint density at radius 2 is 1.33 bits per heavy atom. The second kappa shape index (κ2) is 16.5. The van der Waals surface area contributed by atoms with Gasteiger partial charge in [-0.15, -0.1) is 10.1 Å². The molecule has 0 rings (SSSR count). The fraction of sp³-hybridized carbons (Fsp3) is 0.944. The predicted molar refractivity (Wildman–Crippen MR) is 94.4 cm³/mol. The van der Waals surface area contributed by atoms with E-state index in [1.807, 2.05) is 6.92 Å². The minimum atomic E-state index is -0.689. The number of carboxylic acids is 1. The van der Waals surface area contributed by atoms with Crippen molar-refractivity contribution in [2.45, 2.75) is 109 Å². The van der Waals surface area contributed by atoms with Crippen LogP contribution in [0.15, 0.2) is 0 Å². The van der Waals surface area contributed by atoms with Crippen LogP contribution in [0.5, 0.6) is 0 Å². The van der Waals surface area contributed by atoms with Crippen LogP contribution in [0.4, 0.5) is 0 Å². The van der Waals surface area contributed by atoms with E-state index in [1.165, 1.54) is 44.9 Å². The van der Waals surface area contributed by atoms with Gasteiger partial charge >= 0.3 is 5.97 Å². The van der Waals surface area contributed by atoms with E-state index in [0.717, 1.165) is 38.5 Å². The van der Waals surface area contributed by atoms with E-state index in [1.54, 1.807) is 0 Å². The number of hydrogen-bond acceptors (Lipinski definition) is 4. The molecule has 0 heterocycles. The van der Waals surface area contributed by atoms with Gasteiger partial charge < -0.3 is 9.94 Å². The van der Waals surface area contributed by atoms with Gasteiger partial charge in [-0.3, -0.25) is 4.79 Å². The molecule has 142 valence electrons. The molecule has 6 heteroatoms. The maximum atomic E-state index is 10.4.